The standard InChI is InChI=1S/C25H31N3O3/c1-4-15-25(21-8-6-5-7-9-21)23(30)28(24(31)27-25)17-22(29)26-16-14-19-10-12-20(13-11-19)18(2)3/h5-13,18H,4,14-17H2,1-3H3,(H,26,29)(H,27,31)/t25-/m1/s1. The molecule has 3 rings (SSSR count). The number of imide groups is 1. The Morgan fingerprint density at radius 1 is 1.06 bits per heavy atom. The molecule has 1 aliphatic heterocycles. The summed E-state index contributed by atoms with van der Waals surface area (Å²) in [6.45, 7) is 6.43. The third kappa shape index (κ3) is 4.95. The molecule has 1 atom stereocenters. The first-order valence-electron chi connectivity index (χ1n) is 10.9. The van der Waals surface area contributed by atoms with Gasteiger partial charge in [-0.2, -0.15) is 0 Å². The summed E-state index contributed by atoms with van der Waals surface area (Å²) in [5.74, 6) is -0.235. The van der Waals surface area contributed by atoms with Gasteiger partial charge in [0.05, 0.1) is 0 Å². The maximum atomic E-state index is 13.2. The molecule has 0 spiro atoms. The molecule has 0 bridgehead atoms. The predicted molar refractivity (Wildman–Crippen MR) is 121 cm³/mol. The average Bonchev–Trinajstić information content (AvgIpc) is 3.00. The van der Waals surface area contributed by atoms with E-state index in [4.69, 9.17) is 0 Å². The van der Waals surface area contributed by atoms with Crippen LogP contribution >= 0.6 is 0 Å². The van der Waals surface area contributed by atoms with Crippen LogP contribution in [0.5, 0.6) is 0 Å². The van der Waals surface area contributed by atoms with E-state index in [0.717, 1.165) is 22.4 Å². The zero-order chi connectivity index (χ0) is 22.4. The van der Waals surface area contributed by atoms with Crippen molar-refractivity contribution in [3.8, 4) is 0 Å². The first-order chi connectivity index (χ1) is 14.9. The highest BCUT2D eigenvalue weighted by atomic mass is 16.2. The van der Waals surface area contributed by atoms with Crippen molar-refractivity contribution in [2.45, 2.75) is 51.5 Å². The first-order valence-corrected chi connectivity index (χ1v) is 10.9. The summed E-state index contributed by atoms with van der Waals surface area (Å²) in [4.78, 5) is 39.3. The van der Waals surface area contributed by atoms with Crippen LogP contribution in [0.4, 0.5) is 4.79 Å². The third-order valence-corrected chi connectivity index (χ3v) is 5.75. The maximum Gasteiger partial charge on any atom is 0.325 e. The van der Waals surface area contributed by atoms with E-state index in [0.29, 0.717) is 25.3 Å². The lowest BCUT2D eigenvalue weighted by Gasteiger charge is -2.26. The summed E-state index contributed by atoms with van der Waals surface area (Å²) >= 11 is 0. The fourth-order valence-corrected chi connectivity index (χ4v) is 3.99. The van der Waals surface area contributed by atoms with E-state index in [-0.39, 0.29) is 18.4 Å². The fraction of sp³-hybridized carbons (Fsp3) is 0.400. The van der Waals surface area contributed by atoms with Crippen LogP contribution in [-0.2, 0) is 21.5 Å². The molecule has 6 nitrogen and oxygen atoms in total. The molecule has 1 saturated heterocycles. The summed E-state index contributed by atoms with van der Waals surface area (Å²) in [6.07, 6.45) is 1.89. The van der Waals surface area contributed by atoms with Crippen LogP contribution in [0.15, 0.2) is 54.6 Å². The van der Waals surface area contributed by atoms with Gasteiger partial charge in [-0.05, 0) is 35.4 Å². The number of carbonyl (C=O) groups is 3. The van der Waals surface area contributed by atoms with Gasteiger partial charge in [0, 0.05) is 6.54 Å². The van der Waals surface area contributed by atoms with Gasteiger partial charge in [-0.3, -0.25) is 14.5 Å². The Labute approximate surface area is 184 Å². The van der Waals surface area contributed by atoms with E-state index in [9.17, 15) is 14.4 Å². The van der Waals surface area contributed by atoms with Gasteiger partial charge in [0.2, 0.25) is 5.91 Å². The van der Waals surface area contributed by atoms with Crippen molar-refractivity contribution in [2.75, 3.05) is 13.1 Å². The maximum absolute atomic E-state index is 13.2. The molecule has 2 N–H and O–H groups in total. The Bertz CT molecular complexity index is 925. The molecule has 0 unspecified atom stereocenters. The molecular formula is C25H31N3O3. The van der Waals surface area contributed by atoms with Crippen molar-refractivity contribution in [3.63, 3.8) is 0 Å². The van der Waals surface area contributed by atoms with E-state index in [1.807, 2.05) is 37.3 Å². The van der Waals surface area contributed by atoms with Gasteiger partial charge >= 0.3 is 6.03 Å². The molecule has 164 valence electrons. The number of urea groups is 1. The SMILES string of the molecule is CCC[C@]1(c2ccccc2)NC(=O)N(CC(=O)NCCc2ccc(C(C)C)cc2)C1=O. The Balaban J connectivity index is 1.59. The van der Waals surface area contributed by atoms with Crippen molar-refractivity contribution in [3.05, 3.63) is 71.3 Å². The number of nitrogens with zero attached hydrogens (tertiary/aromatic N) is 1. The van der Waals surface area contributed by atoms with Gasteiger partial charge in [0.1, 0.15) is 12.1 Å². The van der Waals surface area contributed by atoms with Crippen molar-refractivity contribution >= 4 is 17.8 Å². The predicted octanol–water partition coefficient (Wildman–Crippen LogP) is 3.72. The Hall–Kier alpha value is -3.15. The second kappa shape index (κ2) is 9.77. The molecule has 0 radical (unpaired) electrons. The highest BCUT2D eigenvalue weighted by Crippen LogP contribution is 2.33. The molecule has 6 heteroatoms. The number of hydrogen-bond donors (Lipinski definition) is 2. The zero-order valence-electron chi connectivity index (χ0n) is 18.5. The molecular weight excluding hydrogens is 390 g/mol. The normalized spacial score (nSPS) is 18.4. The van der Waals surface area contributed by atoms with Gasteiger partial charge < -0.3 is 10.6 Å². The number of carbonyl (C=O) groups excluding carboxylic acids is 3. The van der Waals surface area contributed by atoms with Gasteiger partial charge in [0.25, 0.3) is 5.91 Å². The smallest absolute Gasteiger partial charge is 0.325 e. The number of nitrogens with one attached hydrogen (secondary N) is 2. The summed E-state index contributed by atoms with van der Waals surface area (Å²) < 4.78 is 0. The average molecular weight is 422 g/mol. The summed E-state index contributed by atoms with van der Waals surface area (Å²) in [5, 5.41) is 5.67. The number of benzene rings is 2. The molecule has 0 aliphatic carbocycles. The second-order valence-corrected chi connectivity index (χ2v) is 8.34. The van der Waals surface area contributed by atoms with Gasteiger partial charge in [-0.25, -0.2) is 4.79 Å². The minimum Gasteiger partial charge on any atom is -0.354 e. The van der Waals surface area contributed by atoms with E-state index in [1.54, 1.807) is 0 Å². The summed E-state index contributed by atoms with van der Waals surface area (Å²) in [6, 6.07) is 17.0. The van der Waals surface area contributed by atoms with Gasteiger partial charge in [-0.1, -0.05) is 81.8 Å². The molecule has 1 heterocycles. The Morgan fingerprint density at radius 2 is 1.74 bits per heavy atom. The molecule has 4 amide bonds. The summed E-state index contributed by atoms with van der Waals surface area (Å²) in [5.41, 5.74) is 2.04. The third-order valence-electron chi connectivity index (χ3n) is 5.75. The molecule has 1 fully saturated rings. The van der Waals surface area contributed by atoms with Crippen molar-refractivity contribution in [2.24, 2.45) is 0 Å². The van der Waals surface area contributed by atoms with Crippen LogP contribution < -0.4 is 10.6 Å². The van der Waals surface area contributed by atoms with E-state index in [1.165, 1.54) is 5.56 Å². The van der Waals surface area contributed by atoms with Crippen molar-refractivity contribution in [1.29, 1.82) is 0 Å². The van der Waals surface area contributed by atoms with E-state index in [2.05, 4.69) is 48.7 Å². The second-order valence-electron chi connectivity index (χ2n) is 8.34. The van der Waals surface area contributed by atoms with Crippen molar-refractivity contribution < 1.29 is 14.4 Å². The molecule has 0 saturated carbocycles. The van der Waals surface area contributed by atoms with Crippen molar-refractivity contribution in [1.82, 2.24) is 15.5 Å². The Morgan fingerprint density at radius 3 is 2.35 bits per heavy atom. The van der Waals surface area contributed by atoms with Crippen LogP contribution in [0, 0.1) is 0 Å². The largest absolute Gasteiger partial charge is 0.354 e. The highest BCUT2D eigenvalue weighted by molar-refractivity contribution is 6.09. The fourth-order valence-electron chi connectivity index (χ4n) is 3.99. The monoisotopic (exact) mass is 421 g/mol. The molecule has 2 aromatic rings. The van der Waals surface area contributed by atoms with Crippen LogP contribution in [0.3, 0.4) is 0 Å². The zero-order valence-corrected chi connectivity index (χ0v) is 18.5. The van der Waals surface area contributed by atoms with Gasteiger partial charge in [0.15, 0.2) is 0 Å². The molecule has 2 aromatic carbocycles. The van der Waals surface area contributed by atoms with E-state index < -0.39 is 11.6 Å². The number of amides is 4. The topological polar surface area (TPSA) is 78.5 Å². The number of hydrogen-bond acceptors (Lipinski definition) is 3. The van der Waals surface area contributed by atoms with Crippen LogP contribution in [0.25, 0.3) is 0 Å². The van der Waals surface area contributed by atoms with Crippen LogP contribution in [0.1, 0.15) is 56.2 Å². The lowest BCUT2D eigenvalue weighted by Crippen LogP contribution is -2.45. The lowest BCUT2D eigenvalue weighted by molar-refractivity contribution is -0.135. The molecule has 0 aromatic heterocycles. The minimum atomic E-state index is -1.11. The molecule has 31 heavy (non-hydrogen) atoms. The lowest BCUT2D eigenvalue weighted by atomic mass is 9.85. The Kier molecular flexibility index (Phi) is 7.10. The van der Waals surface area contributed by atoms with E-state index >= 15 is 0 Å². The number of rotatable bonds is 9. The summed E-state index contributed by atoms with van der Waals surface area (Å²) in [7, 11) is 0. The van der Waals surface area contributed by atoms with Gasteiger partial charge in [-0.15, -0.1) is 0 Å². The minimum absolute atomic E-state index is 0.282. The first kappa shape index (κ1) is 22.5. The highest BCUT2D eigenvalue weighted by Gasteiger charge is 2.52. The van der Waals surface area contributed by atoms with Crippen LogP contribution in [0.2, 0.25) is 0 Å². The quantitative estimate of drug-likeness (QED) is 0.606. The molecule has 1 aliphatic rings. The van der Waals surface area contributed by atoms with Crippen LogP contribution in [-0.4, -0.2) is 35.8 Å².